The Balaban J connectivity index is 2.81. The van der Waals surface area contributed by atoms with Gasteiger partial charge in [-0.3, -0.25) is 4.79 Å². The van der Waals surface area contributed by atoms with Crippen molar-refractivity contribution in [2.24, 2.45) is 0 Å². The lowest BCUT2D eigenvalue weighted by Crippen LogP contribution is -2.10. The van der Waals surface area contributed by atoms with Gasteiger partial charge in [0.15, 0.2) is 0 Å². The lowest BCUT2D eigenvalue weighted by molar-refractivity contribution is -0.115. The molecule has 2 nitrogen and oxygen atoms in total. The maximum atomic E-state index is 11.2. The van der Waals surface area contributed by atoms with Crippen molar-refractivity contribution < 1.29 is 4.79 Å². The Hall–Kier alpha value is -0.730. The van der Waals surface area contributed by atoms with Crippen LogP contribution in [0.1, 0.15) is 6.42 Å². The van der Waals surface area contributed by atoms with Crippen molar-refractivity contribution in [2.45, 2.75) is 6.42 Å². The van der Waals surface area contributed by atoms with Crippen molar-refractivity contribution >= 4 is 45.8 Å². The van der Waals surface area contributed by atoms with Crippen LogP contribution in [0.3, 0.4) is 0 Å². The van der Waals surface area contributed by atoms with Gasteiger partial charge >= 0.3 is 0 Å². The molecule has 1 amide bonds. The Labute approximate surface area is 101 Å². The Bertz CT molecular complexity index is 398. The Kier molecular flexibility index (Phi) is 4.23. The van der Waals surface area contributed by atoms with E-state index in [9.17, 15) is 4.79 Å². The molecule has 0 aromatic heterocycles. The maximum Gasteiger partial charge on any atom is 0.236 e. The molecule has 0 atom stereocenters. The Morgan fingerprint density at radius 1 is 1.64 bits per heavy atom. The zero-order valence-corrected chi connectivity index (χ0v) is 10.1. The first-order valence-electron chi connectivity index (χ1n) is 3.82. The fourth-order valence-electron chi connectivity index (χ4n) is 0.880. The summed E-state index contributed by atoms with van der Waals surface area (Å²) in [5.74, 6) is 2.04. The number of terminal acetylenes is 1. The molecular weight excluding hydrogens is 312 g/mol. The average Bonchev–Trinajstić information content (AvgIpc) is 2.12. The molecule has 0 saturated carbocycles. The van der Waals surface area contributed by atoms with Crippen LogP contribution >= 0.6 is 34.2 Å². The van der Waals surface area contributed by atoms with E-state index in [1.54, 1.807) is 12.1 Å². The molecule has 4 heteroatoms. The molecule has 1 aromatic rings. The summed E-state index contributed by atoms with van der Waals surface area (Å²) in [5, 5.41) is 3.14. The molecule has 0 fully saturated rings. The van der Waals surface area contributed by atoms with Crippen LogP contribution in [0.25, 0.3) is 0 Å². The van der Waals surface area contributed by atoms with E-state index in [4.69, 9.17) is 18.0 Å². The number of carbonyl (C=O) groups excluding carboxylic acids is 1. The monoisotopic (exact) mass is 319 g/mol. The molecule has 72 valence electrons. The lowest BCUT2D eigenvalue weighted by Gasteiger charge is -2.05. The van der Waals surface area contributed by atoms with Crippen LogP contribution in [0.5, 0.6) is 0 Å². The topological polar surface area (TPSA) is 29.1 Å². The van der Waals surface area contributed by atoms with Gasteiger partial charge in [0, 0.05) is 3.57 Å². The first kappa shape index (κ1) is 11.3. The third kappa shape index (κ3) is 3.20. The molecule has 0 heterocycles. The SMILES string of the molecule is C#CCC(=O)Nc1cc(I)ccc1Cl. The molecular formula is C10H7ClINO. The number of carbonyl (C=O) groups is 1. The quantitative estimate of drug-likeness (QED) is 0.659. The highest BCUT2D eigenvalue weighted by atomic mass is 127. The van der Waals surface area contributed by atoms with Gasteiger partial charge in [0.25, 0.3) is 0 Å². The number of halogens is 2. The van der Waals surface area contributed by atoms with Gasteiger partial charge in [0.1, 0.15) is 0 Å². The van der Waals surface area contributed by atoms with Gasteiger partial charge < -0.3 is 5.32 Å². The van der Waals surface area contributed by atoms with Gasteiger partial charge in [0.2, 0.25) is 5.91 Å². The summed E-state index contributed by atoms with van der Waals surface area (Å²) < 4.78 is 1.00. The number of nitrogens with one attached hydrogen (secondary N) is 1. The zero-order chi connectivity index (χ0) is 10.6. The van der Waals surface area contributed by atoms with E-state index < -0.39 is 0 Å². The first-order valence-corrected chi connectivity index (χ1v) is 5.27. The smallest absolute Gasteiger partial charge is 0.236 e. The van der Waals surface area contributed by atoms with Crippen molar-refractivity contribution in [3.8, 4) is 12.3 Å². The number of benzene rings is 1. The van der Waals surface area contributed by atoms with Gasteiger partial charge in [-0.1, -0.05) is 17.5 Å². The van der Waals surface area contributed by atoms with E-state index in [1.165, 1.54) is 0 Å². The molecule has 0 radical (unpaired) electrons. The van der Waals surface area contributed by atoms with Crippen molar-refractivity contribution in [3.05, 3.63) is 26.8 Å². The number of hydrogen-bond donors (Lipinski definition) is 1. The van der Waals surface area contributed by atoms with Crippen LogP contribution in [0.2, 0.25) is 5.02 Å². The molecule has 1 aromatic carbocycles. The lowest BCUT2D eigenvalue weighted by atomic mass is 10.3. The normalized spacial score (nSPS) is 9.21. The minimum absolute atomic E-state index is 0.0573. The molecule has 1 rings (SSSR count). The molecule has 0 unspecified atom stereocenters. The molecule has 14 heavy (non-hydrogen) atoms. The first-order chi connectivity index (χ1) is 6.63. The molecule has 0 aliphatic heterocycles. The third-order valence-corrected chi connectivity index (χ3v) is 2.47. The predicted octanol–water partition coefficient (Wildman–Crippen LogP) is 2.91. The summed E-state index contributed by atoms with van der Waals surface area (Å²) in [4.78, 5) is 11.2. The van der Waals surface area contributed by atoms with E-state index in [-0.39, 0.29) is 12.3 Å². The minimum Gasteiger partial charge on any atom is -0.324 e. The van der Waals surface area contributed by atoms with Gasteiger partial charge in [-0.25, -0.2) is 0 Å². The summed E-state index contributed by atoms with van der Waals surface area (Å²) in [6.07, 6.45) is 5.06. The Morgan fingerprint density at radius 2 is 2.36 bits per heavy atom. The zero-order valence-electron chi connectivity index (χ0n) is 7.18. The molecule has 0 aliphatic rings. The number of amides is 1. The van der Waals surface area contributed by atoms with Gasteiger partial charge in [-0.05, 0) is 40.8 Å². The Morgan fingerprint density at radius 3 is 3.00 bits per heavy atom. The molecule has 0 saturated heterocycles. The van der Waals surface area contributed by atoms with Crippen LogP contribution in [0, 0.1) is 15.9 Å². The second-order valence-corrected chi connectivity index (χ2v) is 4.21. The summed E-state index contributed by atoms with van der Waals surface area (Å²) >= 11 is 8.01. The van der Waals surface area contributed by atoms with Crippen LogP contribution in [0.4, 0.5) is 5.69 Å². The molecule has 1 N–H and O–H groups in total. The maximum absolute atomic E-state index is 11.2. The second kappa shape index (κ2) is 5.23. The highest BCUT2D eigenvalue weighted by Crippen LogP contribution is 2.23. The highest BCUT2D eigenvalue weighted by Gasteiger charge is 2.04. The van der Waals surface area contributed by atoms with Gasteiger partial charge in [-0.15, -0.1) is 6.42 Å². The second-order valence-electron chi connectivity index (χ2n) is 2.55. The molecule has 0 bridgehead atoms. The van der Waals surface area contributed by atoms with E-state index in [0.29, 0.717) is 10.7 Å². The number of hydrogen-bond acceptors (Lipinski definition) is 1. The minimum atomic E-state index is -0.226. The summed E-state index contributed by atoms with van der Waals surface area (Å²) in [6.45, 7) is 0. The van der Waals surface area contributed by atoms with Crippen molar-refractivity contribution in [2.75, 3.05) is 5.32 Å². The van der Waals surface area contributed by atoms with Crippen LogP contribution in [0.15, 0.2) is 18.2 Å². The third-order valence-electron chi connectivity index (χ3n) is 1.47. The molecule has 0 spiro atoms. The van der Waals surface area contributed by atoms with E-state index >= 15 is 0 Å². The number of rotatable bonds is 2. The molecule has 0 aliphatic carbocycles. The largest absolute Gasteiger partial charge is 0.324 e. The highest BCUT2D eigenvalue weighted by molar-refractivity contribution is 14.1. The van der Waals surface area contributed by atoms with Crippen molar-refractivity contribution in [1.82, 2.24) is 0 Å². The van der Waals surface area contributed by atoms with Crippen LogP contribution in [-0.4, -0.2) is 5.91 Å². The van der Waals surface area contributed by atoms with E-state index in [0.717, 1.165) is 3.57 Å². The van der Waals surface area contributed by atoms with Crippen molar-refractivity contribution in [1.29, 1.82) is 0 Å². The summed E-state index contributed by atoms with van der Waals surface area (Å²) in [7, 11) is 0. The average molecular weight is 320 g/mol. The van der Waals surface area contributed by atoms with Crippen molar-refractivity contribution in [3.63, 3.8) is 0 Å². The standard InChI is InChI=1S/C10H7ClINO/c1-2-3-10(14)13-9-6-7(12)4-5-8(9)11/h1,4-6H,3H2,(H,13,14). The van der Waals surface area contributed by atoms with Gasteiger partial charge in [0.05, 0.1) is 17.1 Å². The van der Waals surface area contributed by atoms with Crippen LogP contribution < -0.4 is 5.32 Å². The predicted molar refractivity (Wildman–Crippen MR) is 66.2 cm³/mol. The van der Waals surface area contributed by atoms with E-state index in [2.05, 4.69) is 33.8 Å². The van der Waals surface area contributed by atoms with E-state index in [1.807, 2.05) is 6.07 Å². The summed E-state index contributed by atoms with van der Waals surface area (Å²) in [5.41, 5.74) is 0.596. The fraction of sp³-hybridized carbons (Fsp3) is 0.100. The number of anilines is 1. The van der Waals surface area contributed by atoms with Crippen LogP contribution in [-0.2, 0) is 4.79 Å². The van der Waals surface area contributed by atoms with Gasteiger partial charge in [-0.2, -0.15) is 0 Å². The fourth-order valence-corrected chi connectivity index (χ4v) is 1.54. The summed E-state index contributed by atoms with van der Waals surface area (Å²) in [6, 6.07) is 5.38.